The molecule has 1 saturated carbocycles. The summed E-state index contributed by atoms with van der Waals surface area (Å²) in [4.78, 5) is 0. The van der Waals surface area contributed by atoms with E-state index in [9.17, 15) is 0 Å². The first-order valence-corrected chi connectivity index (χ1v) is 7.00. The van der Waals surface area contributed by atoms with Gasteiger partial charge in [-0.2, -0.15) is 0 Å². The molecule has 3 unspecified atom stereocenters. The van der Waals surface area contributed by atoms with Crippen molar-refractivity contribution in [3.8, 4) is 0 Å². The Bertz CT molecular complexity index is 172. The van der Waals surface area contributed by atoms with Gasteiger partial charge in [0.15, 0.2) is 0 Å². The third-order valence-electron chi connectivity index (χ3n) is 4.30. The fourth-order valence-electron chi connectivity index (χ4n) is 3.11. The molecule has 0 spiro atoms. The lowest BCUT2D eigenvalue weighted by Crippen LogP contribution is -2.30. The van der Waals surface area contributed by atoms with Gasteiger partial charge in [-0.15, -0.1) is 0 Å². The highest BCUT2D eigenvalue weighted by Crippen LogP contribution is 2.37. The molecular formula is C14H29NO. The number of ether oxygens (including phenoxy) is 1. The lowest BCUT2D eigenvalue weighted by Gasteiger charge is -2.35. The van der Waals surface area contributed by atoms with Crippen LogP contribution in [-0.4, -0.2) is 20.3 Å². The van der Waals surface area contributed by atoms with Crippen LogP contribution >= 0.6 is 0 Å². The summed E-state index contributed by atoms with van der Waals surface area (Å²) in [6, 6.07) is 0. The van der Waals surface area contributed by atoms with Crippen molar-refractivity contribution in [2.75, 3.05) is 20.3 Å². The number of unbranched alkanes of at least 4 members (excludes halogenated alkanes) is 1. The van der Waals surface area contributed by atoms with E-state index in [1.165, 1.54) is 44.9 Å². The molecule has 2 heteroatoms. The zero-order valence-corrected chi connectivity index (χ0v) is 11.1. The normalized spacial score (nSPS) is 30.6. The number of nitrogens with two attached hydrogens (primary N) is 1. The number of rotatable bonds is 7. The summed E-state index contributed by atoms with van der Waals surface area (Å²) in [7, 11) is 1.79. The van der Waals surface area contributed by atoms with Crippen molar-refractivity contribution in [2.45, 2.75) is 51.9 Å². The van der Waals surface area contributed by atoms with Gasteiger partial charge in [-0.25, -0.2) is 0 Å². The topological polar surface area (TPSA) is 35.2 Å². The van der Waals surface area contributed by atoms with Crippen LogP contribution in [0.1, 0.15) is 51.9 Å². The van der Waals surface area contributed by atoms with E-state index >= 15 is 0 Å². The highest BCUT2D eigenvalue weighted by atomic mass is 16.5. The molecule has 1 fully saturated rings. The van der Waals surface area contributed by atoms with Crippen molar-refractivity contribution in [2.24, 2.45) is 23.5 Å². The van der Waals surface area contributed by atoms with Gasteiger partial charge in [0, 0.05) is 13.7 Å². The van der Waals surface area contributed by atoms with Gasteiger partial charge in [0.25, 0.3) is 0 Å². The van der Waals surface area contributed by atoms with Crippen molar-refractivity contribution in [1.29, 1.82) is 0 Å². The van der Waals surface area contributed by atoms with Gasteiger partial charge in [-0.3, -0.25) is 0 Å². The molecule has 1 rings (SSSR count). The Kier molecular flexibility index (Phi) is 7.06. The van der Waals surface area contributed by atoms with Crippen molar-refractivity contribution < 1.29 is 4.74 Å². The average Bonchev–Trinajstić information content (AvgIpc) is 2.34. The van der Waals surface area contributed by atoms with E-state index in [0.717, 1.165) is 30.9 Å². The van der Waals surface area contributed by atoms with E-state index in [1.54, 1.807) is 7.11 Å². The van der Waals surface area contributed by atoms with Crippen LogP contribution in [0.15, 0.2) is 0 Å². The quantitative estimate of drug-likeness (QED) is 0.678. The Hall–Kier alpha value is -0.0800. The predicted octanol–water partition coefficient (Wildman–Crippen LogP) is 3.20. The Morgan fingerprint density at radius 2 is 2.00 bits per heavy atom. The van der Waals surface area contributed by atoms with E-state index in [-0.39, 0.29) is 0 Å². The van der Waals surface area contributed by atoms with Crippen molar-refractivity contribution in [1.82, 2.24) is 0 Å². The molecule has 2 N–H and O–H groups in total. The lowest BCUT2D eigenvalue weighted by molar-refractivity contribution is 0.156. The van der Waals surface area contributed by atoms with E-state index in [0.29, 0.717) is 0 Å². The molecule has 2 nitrogen and oxygen atoms in total. The summed E-state index contributed by atoms with van der Waals surface area (Å²) >= 11 is 0. The summed E-state index contributed by atoms with van der Waals surface area (Å²) in [5.74, 6) is 2.65. The van der Waals surface area contributed by atoms with Gasteiger partial charge in [-0.1, -0.05) is 32.6 Å². The standard InChI is InChI=1S/C14H29NO/c1-3-12-7-8-14(11-15)13(10-12)6-4-5-9-16-2/h12-14H,3-11,15H2,1-2H3. The first-order chi connectivity index (χ1) is 7.81. The second-order valence-corrected chi connectivity index (χ2v) is 5.33. The van der Waals surface area contributed by atoms with Gasteiger partial charge in [-0.05, 0) is 43.6 Å². The maximum absolute atomic E-state index is 5.89. The molecular weight excluding hydrogens is 198 g/mol. The van der Waals surface area contributed by atoms with E-state index in [1.807, 2.05) is 0 Å². The van der Waals surface area contributed by atoms with Crippen LogP contribution in [0.5, 0.6) is 0 Å². The SMILES string of the molecule is CCC1CCC(CN)C(CCCCOC)C1. The first-order valence-electron chi connectivity index (χ1n) is 7.00. The molecule has 0 amide bonds. The maximum atomic E-state index is 5.89. The number of methoxy groups -OCH3 is 1. The minimum Gasteiger partial charge on any atom is -0.385 e. The minimum absolute atomic E-state index is 0.797. The largest absolute Gasteiger partial charge is 0.385 e. The van der Waals surface area contributed by atoms with Crippen LogP contribution in [0.25, 0.3) is 0 Å². The van der Waals surface area contributed by atoms with Crippen LogP contribution < -0.4 is 5.73 Å². The molecule has 16 heavy (non-hydrogen) atoms. The van der Waals surface area contributed by atoms with Gasteiger partial charge >= 0.3 is 0 Å². The monoisotopic (exact) mass is 227 g/mol. The van der Waals surface area contributed by atoms with Crippen LogP contribution in [0, 0.1) is 17.8 Å². The Labute approximate surface area is 101 Å². The maximum Gasteiger partial charge on any atom is 0.0462 e. The van der Waals surface area contributed by atoms with Crippen molar-refractivity contribution in [3.63, 3.8) is 0 Å². The Balaban J connectivity index is 2.27. The number of hydrogen-bond acceptors (Lipinski definition) is 2. The van der Waals surface area contributed by atoms with E-state index in [2.05, 4.69) is 6.92 Å². The van der Waals surface area contributed by atoms with Crippen molar-refractivity contribution >= 4 is 0 Å². The summed E-state index contributed by atoms with van der Waals surface area (Å²) in [5, 5.41) is 0. The van der Waals surface area contributed by atoms with Gasteiger partial charge in [0.1, 0.15) is 0 Å². The fourth-order valence-corrected chi connectivity index (χ4v) is 3.11. The summed E-state index contributed by atoms with van der Waals surface area (Å²) in [6.07, 6.45) is 9.43. The molecule has 0 radical (unpaired) electrons. The molecule has 3 atom stereocenters. The van der Waals surface area contributed by atoms with Gasteiger partial charge < -0.3 is 10.5 Å². The zero-order valence-electron chi connectivity index (χ0n) is 11.1. The first kappa shape index (κ1) is 14.0. The minimum atomic E-state index is 0.797. The van der Waals surface area contributed by atoms with Crippen molar-refractivity contribution in [3.05, 3.63) is 0 Å². The smallest absolute Gasteiger partial charge is 0.0462 e. The third-order valence-corrected chi connectivity index (χ3v) is 4.30. The van der Waals surface area contributed by atoms with Crippen LogP contribution in [0.2, 0.25) is 0 Å². The summed E-state index contributed by atoms with van der Waals surface area (Å²) < 4.78 is 5.10. The predicted molar refractivity (Wildman–Crippen MR) is 69.4 cm³/mol. The van der Waals surface area contributed by atoms with E-state index < -0.39 is 0 Å². The molecule has 0 aromatic heterocycles. The Morgan fingerprint density at radius 3 is 2.62 bits per heavy atom. The molecule has 0 aromatic rings. The third kappa shape index (κ3) is 4.42. The molecule has 0 saturated heterocycles. The van der Waals surface area contributed by atoms with Crippen LogP contribution in [0.3, 0.4) is 0 Å². The van der Waals surface area contributed by atoms with Gasteiger partial charge in [0.05, 0.1) is 0 Å². The fraction of sp³-hybridized carbons (Fsp3) is 1.00. The molecule has 0 heterocycles. The van der Waals surface area contributed by atoms with Gasteiger partial charge in [0.2, 0.25) is 0 Å². The molecule has 0 bridgehead atoms. The molecule has 0 aromatic carbocycles. The van der Waals surface area contributed by atoms with Crippen LogP contribution in [-0.2, 0) is 4.74 Å². The molecule has 0 aliphatic heterocycles. The highest BCUT2D eigenvalue weighted by molar-refractivity contribution is 4.80. The lowest BCUT2D eigenvalue weighted by atomic mass is 9.71. The second-order valence-electron chi connectivity index (χ2n) is 5.33. The highest BCUT2D eigenvalue weighted by Gasteiger charge is 2.28. The molecule has 96 valence electrons. The molecule has 1 aliphatic rings. The zero-order chi connectivity index (χ0) is 11.8. The van der Waals surface area contributed by atoms with E-state index in [4.69, 9.17) is 10.5 Å². The number of hydrogen-bond donors (Lipinski definition) is 1. The summed E-state index contributed by atoms with van der Waals surface area (Å²) in [5.41, 5.74) is 5.89. The van der Waals surface area contributed by atoms with Crippen LogP contribution in [0.4, 0.5) is 0 Å². The Morgan fingerprint density at radius 1 is 1.19 bits per heavy atom. The molecule has 1 aliphatic carbocycles. The average molecular weight is 227 g/mol. The summed E-state index contributed by atoms with van der Waals surface area (Å²) in [6.45, 7) is 4.14. The second kappa shape index (κ2) is 8.08.